The van der Waals surface area contributed by atoms with E-state index >= 15 is 0 Å². The van der Waals surface area contributed by atoms with Crippen LogP contribution in [0.15, 0.2) is 12.3 Å². The van der Waals surface area contributed by atoms with Gasteiger partial charge in [0, 0.05) is 38.4 Å². The molecule has 4 nitrogen and oxygen atoms in total. The highest BCUT2D eigenvalue weighted by Crippen LogP contribution is 2.29. The zero-order valence-corrected chi connectivity index (χ0v) is 12.6. The van der Waals surface area contributed by atoms with Crippen molar-refractivity contribution in [3.63, 3.8) is 0 Å². The van der Waals surface area contributed by atoms with E-state index in [0.717, 1.165) is 32.0 Å². The third-order valence-electron chi connectivity index (χ3n) is 4.03. The number of hydrogen-bond donors (Lipinski definition) is 0. The third kappa shape index (κ3) is 3.84. The molecule has 0 saturated carbocycles. The fourth-order valence-corrected chi connectivity index (χ4v) is 2.63. The van der Waals surface area contributed by atoms with E-state index in [1.54, 1.807) is 11.9 Å². The molecule has 0 amide bonds. The highest BCUT2D eigenvalue weighted by atomic mass is 19.4. The molecule has 21 heavy (non-hydrogen) atoms. The zero-order valence-electron chi connectivity index (χ0n) is 12.6. The van der Waals surface area contributed by atoms with Gasteiger partial charge in [0.05, 0.1) is 0 Å². The lowest BCUT2D eigenvalue weighted by Crippen LogP contribution is -2.46. The van der Waals surface area contributed by atoms with E-state index in [2.05, 4.69) is 28.7 Å². The third-order valence-corrected chi connectivity index (χ3v) is 4.03. The lowest BCUT2D eigenvalue weighted by molar-refractivity contribution is -0.141. The molecule has 0 aliphatic carbocycles. The van der Waals surface area contributed by atoms with E-state index in [-0.39, 0.29) is 12.0 Å². The molecule has 0 N–H and O–H groups in total. The van der Waals surface area contributed by atoms with Gasteiger partial charge < -0.3 is 9.80 Å². The maximum Gasteiger partial charge on any atom is 0.433 e. The van der Waals surface area contributed by atoms with Crippen molar-refractivity contribution in [3.05, 3.63) is 18.0 Å². The number of alkyl halides is 3. The Kier molecular flexibility index (Phi) is 4.70. The molecule has 2 rings (SSSR count). The van der Waals surface area contributed by atoms with E-state index in [0.29, 0.717) is 6.04 Å². The molecule has 0 atom stereocenters. The summed E-state index contributed by atoms with van der Waals surface area (Å²) < 4.78 is 38.1. The molecule has 7 heteroatoms. The summed E-state index contributed by atoms with van der Waals surface area (Å²) in [6.45, 7) is 6.21. The Morgan fingerprint density at radius 2 is 1.90 bits per heavy atom. The normalized spacial score (nSPS) is 18.2. The van der Waals surface area contributed by atoms with Crippen molar-refractivity contribution in [3.8, 4) is 0 Å². The molecule has 0 aromatic carbocycles. The van der Waals surface area contributed by atoms with Gasteiger partial charge in [-0.1, -0.05) is 0 Å². The van der Waals surface area contributed by atoms with Crippen LogP contribution in [-0.2, 0) is 6.18 Å². The van der Waals surface area contributed by atoms with E-state index in [4.69, 9.17) is 0 Å². The standard InChI is InChI=1S/C14H21F3N4/c1-10(2)21-8-5-11(6-9-21)20(3)13-18-7-4-12(19-13)14(15,16)17/h4,7,10-11H,5-6,8-9H2,1-3H3. The molecular formula is C14H21F3N4. The van der Waals surface area contributed by atoms with Gasteiger partial charge in [-0.15, -0.1) is 0 Å². The molecule has 1 fully saturated rings. The predicted octanol–water partition coefficient (Wildman–Crippen LogP) is 2.80. The first-order chi connectivity index (χ1) is 9.79. The summed E-state index contributed by atoms with van der Waals surface area (Å²) in [4.78, 5) is 11.8. The average Bonchev–Trinajstić information content (AvgIpc) is 2.46. The Morgan fingerprint density at radius 1 is 1.29 bits per heavy atom. The predicted molar refractivity (Wildman–Crippen MR) is 75.2 cm³/mol. The van der Waals surface area contributed by atoms with Crippen molar-refractivity contribution in [2.45, 2.75) is 44.9 Å². The molecule has 1 saturated heterocycles. The smallest absolute Gasteiger partial charge is 0.341 e. The first-order valence-electron chi connectivity index (χ1n) is 7.16. The van der Waals surface area contributed by atoms with Gasteiger partial charge in [0.15, 0.2) is 0 Å². The molecule has 2 heterocycles. The molecular weight excluding hydrogens is 281 g/mol. The van der Waals surface area contributed by atoms with Crippen LogP contribution in [0.25, 0.3) is 0 Å². The van der Waals surface area contributed by atoms with E-state index in [9.17, 15) is 13.2 Å². The number of halogens is 3. The Hall–Kier alpha value is -1.37. The highest BCUT2D eigenvalue weighted by Gasteiger charge is 2.33. The SMILES string of the molecule is CC(C)N1CCC(N(C)c2nccc(C(F)(F)F)n2)CC1. The van der Waals surface area contributed by atoms with Gasteiger partial charge in [0.25, 0.3) is 0 Å². The lowest BCUT2D eigenvalue weighted by Gasteiger charge is -2.38. The van der Waals surface area contributed by atoms with E-state index in [1.807, 2.05) is 0 Å². The van der Waals surface area contributed by atoms with Crippen molar-refractivity contribution in [2.75, 3.05) is 25.0 Å². The molecule has 118 valence electrons. The summed E-state index contributed by atoms with van der Waals surface area (Å²) in [5, 5.41) is 0. The minimum atomic E-state index is -4.43. The molecule has 1 aliphatic heterocycles. The van der Waals surface area contributed by atoms with Crippen LogP contribution in [0.2, 0.25) is 0 Å². The summed E-state index contributed by atoms with van der Waals surface area (Å²) in [6.07, 6.45) is -1.44. The van der Waals surface area contributed by atoms with Crippen molar-refractivity contribution >= 4 is 5.95 Å². The van der Waals surface area contributed by atoms with Crippen LogP contribution in [-0.4, -0.2) is 47.1 Å². The first kappa shape index (κ1) is 16.0. The minimum Gasteiger partial charge on any atom is -0.341 e. The Balaban J connectivity index is 2.06. The number of hydrogen-bond acceptors (Lipinski definition) is 4. The lowest BCUT2D eigenvalue weighted by atomic mass is 10.0. The number of nitrogens with zero attached hydrogens (tertiary/aromatic N) is 4. The summed E-state index contributed by atoms with van der Waals surface area (Å²) in [7, 11) is 1.77. The van der Waals surface area contributed by atoms with Crippen LogP contribution in [0, 0.1) is 0 Å². The van der Waals surface area contributed by atoms with Gasteiger partial charge >= 0.3 is 6.18 Å². The van der Waals surface area contributed by atoms with Crippen LogP contribution in [0.4, 0.5) is 19.1 Å². The second-order valence-electron chi connectivity index (χ2n) is 5.71. The molecule has 0 unspecified atom stereocenters. The van der Waals surface area contributed by atoms with Crippen LogP contribution in [0.1, 0.15) is 32.4 Å². The van der Waals surface area contributed by atoms with Gasteiger partial charge in [0.1, 0.15) is 5.69 Å². The van der Waals surface area contributed by atoms with Crippen molar-refractivity contribution in [1.82, 2.24) is 14.9 Å². The summed E-state index contributed by atoms with van der Waals surface area (Å²) in [5.41, 5.74) is -0.890. The van der Waals surface area contributed by atoms with Crippen LogP contribution in [0.5, 0.6) is 0 Å². The number of piperidine rings is 1. The highest BCUT2D eigenvalue weighted by molar-refractivity contribution is 5.31. The van der Waals surface area contributed by atoms with Crippen molar-refractivity contribution < 1.29 is 13.2 Å². The van der Waals surface area contributed by atoms with Crippen LogP contribution >= 0.6 is 0 Å². The van der Waals surface area contributed by atoms with Crippen LogP contribution < -0.4 is 4.90 Å². The quantitative estimate of drug-likeness (QED) is 0.859. The van der Waals surface area contributed by atoms with E-state index in [1.165, 1.54) is 6.20 Å². The Bertz CT molecular complexity index is 468. The largest absolute Gasteiger partial charge is 0.433 e. The topological polar surface area (TPSA) is 32.3 Å². The maximum absolute atomic E-state index is 12.7. The van der Waals surface area contributed by atoms with Gasteiger partial charge in [-0.2, -0.15) is 13.2 Å². The zero-order chi connectivity index (χ0) is 15.6. The van der Waals surface area contributed by atoms with Crippen molar-refractivity contribution in [1.29, 1.82) is 0 Å². The molecule has 0 radical (unpaired) electrons. The van der Waals surface area contributed by atoms with Gasteiger partial charge in [-0.3, -0.25) is 0 Å². The monoisotopic (exact) mass is 302 g/mol. The van der Waals surface area contributed by atoms with Gasteiger partial charge in [-0.25, -0.2) is 9.97 Å². The number of rotatable bonds is 3. The minimum absolute atomic E-state index is 0.146. The molecule has 0 bridgehead atoms. The first-order valence-corrected chi connectivity index (χ1v) is 7.16. The fraction of sp³-hybridized carbons (Fsp3) is 0.714. The Morgan fingerprint density at radius 3 is 2.43 bits per heavy atom. The second kappa shape index (κ2) is 6.17. The molecule has 0 spiro atoms. The summed E-state index contributed by atoms with van der Waals surface area (Å²) in [6, 6.07) is 1.59. The summed E-state index contributed by atoms with van der Waals surface area (Å²) >= 11 is 0. The maximum atomic E-state index is 12.7. The van der Waals surface area contributed by atoms with E-state index < -0.39 is 11.9 Å². The number of anilines is 1. The van der Waals surface area contributed by atoms with Crippen molar-refractivity contribution in [2.24, 2.45) is 0 Å². The molecule has 1 aliphatic rings. The van der Waals surface area contributed by atoms with Gasteiger partial charge in [-0.05, 0) is 32.8 Å². The fourth-order valence-electron chi connectivity index (χ4n) is 2.63. The number of aromatic nitrogens is 2. The summed E-state index contributed by atoms with van der Waals surface area (Å²) in [5.74, 6) is 0.146. The molecule has 1 aromatic rings. The average molecular weight is 302 g/mol. The second-order valence-corrected chi connectivity index (χ2v) is 5.71. The Labute approximate surface area is 123 Å². The molecule has 1 aromatic heterocycles. The number of likely N-dealkylation sites (tertiary alicyclic amines) is 1. The van der Waals surface area contributed by atoms with Gasteiger partial charge in [0.2, 0.25) is 5.95 Å². The van der Waals surface area contributed by atoms with Crippen LogP contribution in [0.3, 0.4) is 0 Å².